The summed E-state index contributed by atoms with van der Waals surface area (Å²) in [5.74, 6) is -0.779. The number of halogens is 1. The first kappa shape index (κ1) is 18.7. The van der Waals surface area contributed by atoms with Gasteiger partial charge in [-0.3, -0.25) is 14.4 Å². The molecule has 25 heavy (non-hydrogen) atoms. The topological polar surface area (TPSA) is 84.3 Å². The molecule has 0 aliphatic carbocycles. The van der Waals surface area contributed by atoms with Crippen molar-refractivity contribution in [1.82, 2.24) is 14.5 Å². The number of nitrogens with zero attached hydrogens (tertiary/aromatic N) is 3. The number of carbonyl (C=O) groups is 2. The highest BCUT2D eigenvalue weighted by molar-refractivity contribution is 6.33. The Kier molecular flexibility index (Phi) is 5.93. The predicted molar refractivity (Wildman–Crippen MR) is 96.1 cm³/mol. The number of aromatic nitrogens is 2. The summed E-state index contributed by atoms with van der Waals surface area (Å²) in [5, 5.41) is 2.55. The van der Waals surface area contributed by atoms with Crippen molar-refractivity contribution in [3.05, 3.63) is 57.2 Å². The van der Waals surface area contributed by atoms with Crippen molar-refractivity contribution in [2.45, 2.75) is 13.8 Å². The van der Waals surface area contributed by atoms with Gasteiger partial charge >= 0.3 is 0 Å². The molecule has 0 saturated carbocycles. The number of rotatable bonds is 5. The molecule has 0 spiro atoms. The number of aryl methyl sites for hydroxylation is 1. The summed E-state index contributed by atoms with van der Waals surface area (Å²) in [6.07, 6.45) is 2.91. The second-order valence-electron chi connectivity index (χ2n) is 5.33. The molecule has 2 aromatic rings. The summed E-state index contributed by atoms with van der Waals surface area (Å²) in [6, 6.07) is 4.45. The first-order chi connectivity index (χ1) is 11.9. The van der Waals surface area contributed by atoms with Crippen LogP contribution in [0.1, 0.15) is 34.6 Å². The SMILES string of the molecule is CCN(CC)C(=O)c1cc(NC(=O)c2cccnc2Cl)c(=O)n(C)c1. The minimum absolute atomic E-state index is 0.00502. The Morgan fingerprint density at radius 1 is 1.32 bits per heavy atom. The van der Waals surface area contributed by atoms with E-state index in [1.807, 2.05) is 13.8 Å². The van der Waals surface area contributed by atoms with Crippen molar-refractivity contribution in [3.63, 3.8) is 0 Å². The van der Waals surface area contributed by atoms with Crippen molar-refractivity contribution in [1.29, 1.82) is 0 Å². The molecule has 0 aliphatic rings. The molecule has 0 saturated heterocycles. The standard InChI is InChI=1S/C17H19ClN4O3/c1-4-22(5-2)16(24)11-9-13(17(25)21(3)10-11)20-15(23)12-7-6-8-19-14(12)18/h6-10H,4-5H2,1-3H3,(H,20,23). The van der Waals surface area contributed by atoms with Gasteiger partial charge in [-0.2, -0.15) is 0 Å². The molecule has 8 heteroatoms. The number of hydrogen-bond donors (Lipinski definition) is 1. The lowest BCUT2D eigenvalue weighted by atomic mass is 10.2. The van der Waals surface area contributed by atoms with E-state index in [0.29, 0.717) is 18.7 Å². The van der Waals surface area contributed by atoms with E-state index in [1.165, 1.54) is 36.1 Å². The van der Waals surface area contributed by atoms with E-state index in [4.69, 9.17) is 11.6 Å². The maximum absolute atomic E-state index is 12.5. The van der Waals surface area contributed by atoms with Gasteiger partial charge in [0.15, 0.2) is 0 Å². The van der Waals surface area contributed by atoms with Crippen LogP contribution in [0.2, 0.25) is 5.15 Å². The number of anilines is 1. The molecule has 0 unspecified atom stereocenters. The molecule has 2 aromatic heterocycles. The fourth-order valence-electron chi connectivity index (χ4n) is 2.36. The van der Waals surface area contributed by atoms with Crippen LogP contribution in [0.25, 0.3) is 0 Å². The minimum atomic E-state index is -0.567. The van der Waals surface area contributed by atoms with Crippen molar-refractivity contribution in [2.75, 3.05) is 18.4 Å². The van der Waals surface area contributed by atoms with Gasteiger partial charge < -0.3 is 14.8 Å². The normalized spacial score (nSPS) is 10.4. The van der Waals surface area contributed by atoms with Gasteiger partial charge in [0.25, 0.3) is 17.4 Å². The monoisotopic (exact) mass is 362 g/mol. The third-order valence-electron chi connectivity index (χ3n) is 3.73. The predicted octanol–water partition coefficient (Wildman–Crippen LogP) is 2.17. The molecule has 2 heterocycles. The zero-order valence-corrected chi connectivity index (χ0v) is 15.0. The van der Waals surface area contributed by atoms with E-state index in [1.54, 1.807) is 11.0 Å². The Labute approximate surface area is 150 Å². The largest absolute Gasteiger partial charge is 0.339 e. The Morgan fingerprint density at radius 3 is 2.60 bits per heavy atom. The van der Waals surface area contributed by atoms with Crippen LogP contribution in [0.5, 0.6) is 0 Å². The van der Waals surface area contributed by atoms with Crippen LogP contribution < -0.4 is 10.9 Å². The number of carbonyl (C=O) groups excluding carboxylic acids is 2. The van der Waals surface area contributed by atoms with E-state index in [-0.39, 0.29) is 22.3 Å². The summed E-state index contributed by atoms with van der Waals surface area (Å²) in [4.78, 5) is 42.6. The van der Waals surface area contributed by atoms with Crippen molar-refractivity contribution in [2.24, 2.45) is 7.05 Å². The van der Waals surface area contributed by atoms with E-state index < -0.39 is 11.5 Å². The second-order valence-corrected chi connectivity index (χ2v) is 5.69. The average molecular weight is 363 g/mol. The molecule has 0 bridgehead atoms. The van der Waals surface area contributed by atoms with E-state index in [0.717, 1.165) is 0 Å². The Morgan fingerprint density at radius 2 is 2.00 bits per heavy atom. The molecular formula is C17H19ClN4O3. The van der Waals surface area contributed by atoms with Gasteiger partial charge in [-0.15, -0.1) is 0 Å². The zero-order chi connectivity index (χ0) is 18.6. The third-order valence-corrected chi connectivity index (χ3v) is 4.03. The lowest BCUT2D eigenvalue weighted by Gasteiger charge is -2.19. The molecule has 7 nitrogen and oxygen atoms in total. The van der Waals surface area contributed by atoms with Gasteiger partial charge in [0, 0.05) is 32.5 Å². The summed E-state index contributed by atoms with van der Waals surface area (Å²) < 4.78 is 1.26. The second kappa shape index (κ2) is 7.94. The van der Waals surface area contributed by atoms with E-state index in [2.05, 4.69) is 10.3 Å². The molecule has 132 valence electrons. The summed E-state index contributed by atoms with van der Waals surface area (Å²) >= 11 is 5.90. The van der Waals surface area contributed by atoms with Crippen molar-refractivity contribution in [3.8, 4) is 0 Å². The lowest BCUT2D eigenvalue weighted by molar-refractivity contribution is 0.0771. The number of nitrogens with one attached hydrogen (secondary N) is 1. The Hall–Kier alpha value is -2.67. The summed E-state index contributed by atoms with van der Waals surface area (Å²) in [7, 11) is 1.52. The smallest absolute Gasteiger partial charge is 0.274 e. The van der Waals surface area contributed by atoms with Crippen LogP contribution in [0.4, 0.5) is 5.69 Å². The van der Waals surface area contributed by atoms with Gasteiger partial charge in [0.1, 0.15) is 10.8 Å². The first-order valence-corrected chi connectivity index (χ1v) is 8.18. The zero-order valence-electron chi connectivity index (χ0n) is 14.2. The van der Waals surface area contributed by atoms with Gasteiger partial charge in [0.05, 0.1) is 11.1 Å². The van der Waals surface area contributed by atoms with Crippen LogP contribution in [0.3, 0.4) is 0 Å². The van der Waals surface area contributed by atoms with Gasteiger partial charge in [0.2, 0.25) is 0 Å². The Balaban J connectivity index is 2.38. The molecule has 0 fully saturated rings. The lowest BCUT2D eigenvalue weighted by Crippen LogP contribution is -2.32. The fraction of sp³-hybridized carbons (Fsp3) is 0.294. The maximum Gasteiger partial charge on any atom is 0.274 e. The first-order valence-electron chi connectivity index (χ1n) is 7.80. The van der Waals surface area contributed by atoms with Gasteiger partial charge in [-0.1, -0.05) is 11.6 Å². The van der Waals surface area contributed by atoms with E-state index in [9.17, 15) is 14.4 Å². The minimum Gasteiger partial charge on any atom is -0.339 e. The van der Waals surface area contributed by atoms with Crippen molar-refractivity contribution < 1.29 is 9.59 Å². The highest BCUT2D eigenvalue weighted by Gasteiger charge is 2.18. The van der Waals surface area contributed by atoms with Crippen LogP contribution in [-0.4, -0.2) is 39.4 Å². The molecule has 1 N–H and O–H groups in total. The highest BCUT2D eigenvalue weighted by atomic mass is 35.5. The summed E-state index contributed by atoms with van der Waals surface area (Å²) in [6.45, 7) is 4.84. The number of amides is 2. The number of hydrogen-bond acceptors (Lipinski definition) is 4. The van der Waals surface area contributed by atoms with Crippen LogP contribution in [0, 0.1) is 0 Å². The highest BCUT2D eigenvalue weighted by Crippen LogP contribution is 2.14. The summed E-state index contributed by atoms with van der Waals surface area (Å²) in [5.41, 5.74) is 0.0416. The number of pyridine rings is 2. The van der Waals surface area contributed by atoms with E-state index >= 15 is 0 Å². The third kappa shape index (κ3) is 4.06. The average Bonchev–Trinajstić information content (AvgIpc) is 2.59. The molecular weight excluding hydrogens is 344 g/mol. The van der Waals surface area contributed by atoms with Crippen LogP contribution in [0.15, 0.2) is 35.4 Å². The quantitative estimate of drug-likeness (QED) is 0.826. The van der Waals surface area contributed by atoms with Gasteiger partial charge in [-0.25, -0.2) is 4.98 Å². The molecule has 0 aliphatic heterocycles. The molecule has 0 radical (unpaired) electrons. The molecule has 2 rings (SSSR count). The fourth-order valence-corrected chi connectivity index (χ4v) is 2.56. The Bertz CT molecular complexity index is 859. The van der Waals surface area contributed by atoms with Crippen LogP contribution >= 0.6 is 11.6 Å². The molecule has 0 atom stereocenters. The maximum atomic E-state index is 12.5. The van der Waals surface area contributed by atoms with Crippen molar-refractivity contribution >= 4 is 29.1 Å². The van der Waals surface area contributed by atoms with Crippen LogP contribution in [-0.2, 0) is 7.05 Å². The van der Waals surface area contributed by atoms with Gasteiger partial charge in [-0.05, 0) is 32.0 Å². The molecule has 2 amide bonds. The molecule has 0 aromatic carbocycles.